The number of fused-ring (bicyclic) bond motifs is 1. The molecule has 0 aliphatic heterocycles. The predicted octanol–water partition coefficient (Wildman–Crippen LogP) is 1.75. The molecule has 0 spiro atoms. The lowest BCUT2D eigenvalue weighted by Crippen LogP contribution is -1.83. The Morgan fingerprint density at radius 1 is 1.27 bits per heavy atom. The SMILES string of the molecule is O=Cc1ccn2cccc2c1. The van der Waals surface area contributed by atoms with Crippen LogP contribution >= 0.6 is 0 Å². The molecule has 54 valence electrons. The van der Waals surface area contributed by atoms with E-state index < -0.39 is 0 Å². The van der Waals surface area contributed by atoms with Gasteiger partial charge < -0.3 is 4.40 Å². The average Bonchev–Trinajstić information content (AvgIpc) is 2.50. The highest BCUT2D eigenvalue weighted by molar-refractivity contribution is 5.77. The van der Waals surface area contributed by atoms with Crippen molar-refractivity contribution in [1.82, 2.24) is 4.40 Å². The summed E-state index contributed by atoms with van der Waals surface area (Å²) < 4.78 is 1.97. The summed E-state index contributed by atoms with van der Waals surface area (Å²) in [5.74, 6) is 0. The minimum Gasteiger partial charge on any atom is -0.324 e. The number of aldehydes is 1. The second-order valence-corrected chi connectivity index (χ2v) is 2.42. The van der Waals surface area contributed by atoms with Crippen molar-refractivity contribution < 1.29 is 4.79 Å². The van der Waals surface area contributed by atoms with E-state index in [1.807, 2.05) is 35.0 Å². The molecule has 0 atom stereocenters. The lowest BCUT2D eigenvalue weighted by atomic mass is 10.3. The van der Waals surface area contributed by atoms with E-state index in [4.69, 9.17) is 0 Å². The molecule has 2 rings (SSSR count). The number of carbonyl (C=O) groups is 1. The summed E-state index contributed by atoms with van der Waals surface area (Å²) in [6.45, 7) is 0. The molecule has 0 saturated heterocycles. The first-order valence-corrected chi connectivity index (χ1v) is 3.42. The number of hydrogen-bond donors (Lipinski definition) is 0. The molecule has 11 heavy (non-hydrogen) atoms. The highest BCUT2D eigenvalue weighted by Gasteiger charge is 1.92. The first-order valence-electron chi connectivity index (χ1n) is 3.42. The van der Waals surface area contributed by atoms with Gasteiger partial charge in [0.25, 0.3) is 0 Å². The molecule has 0 saturated carbocycles. The van der Waals surface area contributed by atoms with E-state index in [9.17, 15) is 4.79 Å². The Kier molecular flexibility index (Phi) is 1.25. The molecule has 0 fully saturated rings. The Morgan fingerprint density at radius 3 is 3.00 bits per heavy atom. The van der Waals surface area contributed by atoms with Crippen LogP contribution in [-0.2, 0) is 0 Å². The molecule has 0 N–H and O–H groups in total. The van der Waals surface area contributed by atoms with Gasteiger partial charge >= 0.3 is 0 Å². The summed E-state index contributed by atoms with van der Waals surface area (Å²) in [5.41, 5.74) is 1.77. The van der Waals surface area contributed by atoms with Crippen molar-refractivity contribution in [3.63, 3.8) is 0 Å². The fraction of sp³-hybridized carbons (Fsp3) is 0. The van der Waals surface area contributed by atoms with Crippen molar-refractivity contribution in [3.8, 4) is 0 Å². The number of carbonyl (C=O) groups excluding carboxylic acids is 1. The predicted molar refractivity (Wildman–Crippen MR) is 42.8 cm³/mol. The zero-order chi connectivity index (χ0) is 7.68. The van der Waals surface area contributed by atoms with Crippen LogP contribution in [0.3, 0.4) is 0 Å². The molecule has 2 nitrogen and oxygen atoms in total. The highest BCUT2D eigenvalue weighted by atomic mass is 16.1. The van der Waals surface area contributed by atoms with Crippen LogP contribution in [0, 0.1) is 0 Å². The van der Waals surface area contributed by atoms with Gasteiger partial charge in [-0.25, -0.2) is 0 Å². The number of hydrogen-bond acceptors (Lipinski definition) is 1. The fourth-order valence-corrected chi connectivity index (χ4v) is 1.12. The van der Waals surface area contributed by atoms with Gasteiger partial charge in [-0.3, -0.25) is 4.79 Å². The highest BCUT2D eigenvalue weighted by Crippen LogP contribution is 2.05. The third-order valence-electron chi connectivity index (χ3n) is 1.69. The molecule has 0 aromatic carbocycles. The molecule has 2 aromatic heterocycles. The largest absolute Gasteiger partial charge is 0.324 e. The summed E-state index contributed by atoms with van der Waals surface area (Å²) >= 11 is 0. The average molecular weight is 145 g/mol. The molecule has 0 radical (unpaired) electrons. The zero-order valence-corrected chi connectivity index (χ0v) is 5.90. The third kappa shape index (κ3) is 0.923. The quantitative estimate of drug-likeness (QED) is 0.560. The summed E-state index contributed by atoms with van der Waals surface area (Å²) in [4.78, 5) is 10.4. The molecular formula is C9H7NO. The molecule has 0 aliphatic rings. The van der Waals surface area contributed by atoms with E-state index in [0.29, 0.717) is 0 Å². The number of aromatic nitrogens is 1. The smallest absolute Gasteiger partial charge is 0.150 e. The summed E-state index contributed by atoms with van der Waals surface area (Å²) in [7, 11) is 0. The number of pyridine rings is 1. The van der Waals surface area contributed by atoms with Crippen molar-refractivity contribution in [2.75, 3.05) is 0 Å². The lowest BCUT2D eigenvalue weighted by Gasteiger charge is -1.93. The van der Waals surface area contributed by atoms with Crippen LogP contribution < -0.4 is 0 Å². The van der Waals surface area contributed by atoms with Gasteiger partial charge in [-0.15, -0.1) is 0 Å². The maximum Gasteiger partial charge on any atom is 0.150 e. The molecule has 0 bridgehead atoms. The van der Waals surface area contributed by atoms with Gasteiger partial charge in [0, 0.05) is 23.5 Å². The Bertz CT molecular complexity index is 389. The zero-order valence-electron chi connectivity index (χ0n) is 5.90. The topological polar surface area (TPSA) is 21.5 Å². The maximum absolute atomic E-state index is 10.4. The summed E-state index contributed by atoms with van der Waals surface area (Å²) in [6, 6.07) is 7.56. The monoisotopic (exact) mass is 145 g/mol. The van der Waals surface area contributed by atoms with Gasteiger partial charge in [0.1, 0.15) is 6.29 Å². The van der Waals surface area contributed by atoms with Crippen molar-refractivity contribution in [2.24, 2.45) is 0 Å². The standard InChI is InChI=1S/C9H7NO/c11-7-8-3-5-10-4-1-2-9(10)6-8/h1-7H. The maximum atomic E-state index is 10.4. The van der Waals surface area contributed by atoms with E-state index in [0.717, 1.165) is 17.4 Å². The van der Waals surface area contributed by atoms with Gasteiger partial charge in [-0.1, -0.05) is 0 Å². The van der Waals surface area contributed by atoms with Crippen LogP contribution in [0.2, 0.25) is 0 Å². The van der Waals surface area contributed by atoms with Crippen molar-refractivity contribution in [2.45, 2.75) is 0 Å². The van der Waals surface area contributed by atoms with Crippen LogP contribution in [0.5, 0.6) is 0 Å². The van der Waals surface area contributed by atoms with E-state index in [-0.39, 0.29) is 0 Å². The van der Waals surface area contributed by atoms with Gasteiger partial charge in [-0.05, 0) is 24.3 Å². The number of rotatable bonds is 1. The third-order valence-corrected chi connectivity index (χ3v) is 1.69. The van der Waals surface area contributed by atoms with Crippen LogP contribution in [0.4, 0.5) is 0 Å². The van der Waals surface area contributed by atoms with Crippen molar-refractivity contribution in [1.29, 1.82) is 0 Å². The van der Waals surface area contributed by atoms with Crippen molar-refractivity contribution in [3.05, 3.63) is 42.2 Å². The minimum atomic E-state index is 0.719. The molecule has 2 heteroatoms. The molecule has 0 amide bonds. The minimum absolute atomic E-state index is 0.719. The van der Waals surface area contributed by atoms with Crippen LogP contribution in [0.1, 0.15) is 10.4 Å². The summed E-state index contributed by atoms with van der Waals surface area (Å²) in [5, 5.41) is 0. The van der Waals surface area contributed by atoms with Crippen LogP contribution in [0.15, 0.2) is 36.7 Å². The van der Waals surface area contributed by atoms with Crippen LogP contribution in [-0.4, -0.2) is 10.7 Å². The van der Waals surface area contributed by atoms with Gasteiger partial charge in [0.2, 0.25) is 0 Å². The Labute approximate surface area is 64.1 Å². The van der Waals surface area contributed by atoms with Crippen LogP contribution in [0.25, 0.3) is 5.52 Å². The molecule has 0 unspecified atom stereocenters. The van der Waals surface area contributed by atoms with E-state index in [2.05, 4.69) is 0 Å². The van der Waals surface area contributed by atoms with Gasteiger partial charge in [0.15, 0.2) is 0 Å². The molecule has 2 aromatic rings. The Balaban J connectivity index is 2.76. The normalized spacial score (nSPS) is 10.2. The fourth-order valence-electron chi connectivity index (χ4n) is 1.12. The second kappa shape index (κ2) is 2.23. The Morgan fingerprint density at radius 2 is 2.18 bits per heavy atom. The Hall–Kier alpha value is -1.57. The first-order chi connectivity index (χ1) is 5.40. The van der Waals surface area contributed by atoms with E-state index in [1.165, 1.54) is 0 Å². The van der Waals surface area contributed by atoms with E-state index in [1.54, 1.807) is 6.07 Å². The van der Waals surface area contributed by atoms with E-state index >= 15 is 0 Å². The molecular weight excluding hydrogens is 138 g/mol. The van der Waals surface area contributed by atoms with Crippen molar-refractivity contribution >= 4 is 11.8 Å². The number of nitrogens with zero attached hydrogens (tertiary/aromatic N) is 1. The van der Waals surface area contributed by atoms with Gasteiger partial charge in [-0.2, -0.15) is 0 Å². The molecule has 2 heterocycles. The van der Waals surface area contributed by atoms with Gasteiger partial charge in [0.05, 0.1) is 0 Å². The first kappa shape index (κ1) is 6.16. The molecule has 0 aliphatic carbocycles. The second-order valence-electron chi connectivity index (χ2n) is 2.42. The summed E-state index contributed by atoms with van der Waals surface area (Å²) in [6.07, 6.45) is 4.68. The lowest BCUT2D eigenvalue weighted by molar-refractivity contribution is 0.112.